The summed E-state index contributed by atoms with van der Waals surface area (Å²) in [6, 6.07) is 62.4. The Morgan fingerprint density at radius 1 is 0.429 bits per heavy atom. The molecule has 0 atom stereocenters. The summed E-state index contributed by atoms with van der Waals surface area (Å²) in [5, 5.41) is 6.22. The molecule has 2 heterocycles. The second-order valence-electron chi connectivity index (χ2n) is 12.2. The average Bonchev–Trinajstić information content (AvgIpc) is 3.58. The van der Waals surface area contributed by atoms with Gasteiger partial charge in [0, 0.05) is 42.3 Å². The van der Waals surface area contributed by atoms with Crippen molar-refractivity contribution in [3.8, 4) is 33.5 Å². The quantitative estimate of drug-likeness (QED) is 0.166. The van der Waals surface area contributed by atoms with Crippen LogP contribution in [0.2, 0.25) is 0 Å². The van der Waals surface area contributed by atoms with E-state index < -0.39 is 7.14 Å². The summed E-state index contributed by atoms with van der Waals surface area (Å²) >= 11 is 1.82. The molecule has 9 rings (SSSR count). The third kappa shape index (κ3) is 5.02. The minimum atomic E-state index is -3.02. The van der Waals surface area contributed by atoms with Gasteiger partial charge >= 0.3 is 0 Å². The van der Waals surface area contributed by atoms with E-state index >= 15 is 0 Å². The average molecular weight is 664 g/mol. The van der Waals surface area contributed by atoms with E-state index in [1.807, 2.05) is 84.1 Å². The predicted octanol–water partition coefficient (Wildman–Crippen LogP) is 11.2. The van der Waals surface area contributed by atoms with Gasteiger partial charge < -0.3 is 4.57 Å². The molecule has 0 aliphatic heterocycles. The van der Waals surface area contributed by atoms with Crippen LogP contribution in [0.4, 0.5) is 0 Å². The van der Waals surface area contributed by atoms with Crippen LogP contribution in [0, 0.1) is 0 Å². The summed E-state index contributed by atoms with van der Waals surface area (Å²) in [4.78, 5) is 5.28. The zero-order valence-corrected chi connectivity index (χ0v) is 28.2. The largest absolute Gasteiger partial charge is 0.309 e. The molecule has 7 aromatic carbocycles. The normalized spacial score (nSPS) is 11.8. The highest BCUT2D eigenvalue weighted by Crippen LogP contribution is 2.46. The van der Waals surface area contributed by atoms with Gasteiger partial charge in [-0.2, -0.15) is 0 Å². The number of thiophene rings is 1. The number of hydrogen-bond donors (Lipinski definition) is 0. The zero-order valence-electron chi connectivity index (χ0n) is 26.5. The van der Waals surface area contributed by atoms with Gasteiger partial charge in [0.05, 0.1) is 15.9 Å². The van der Waals surface area contributed by atoms with Gasteiger partial charge in [0.2, 0.25) is 0 Å². The van der Waals surface area contributed by atoms with E-state index in [1.165, 1.54) is 31.1 Å². The van der Waals surface area contributed by atoms with E-state index in [0.717, 1.165) is 49.4 Å². The first-order valence-electron chi connectivity index (χ1n) is 16.4. The third-order valence-corrected chi connectivity index (χ3v) is 13.6. The van der Waals surface area contributed by atoms with Crippen LogP contribution < -0.4 is 15.9 Å². The number of aromatic nitrogens is 1. The molecule has 2 aromatic heterocycles. The van der Waals surface area contributed by atoms with Crippen molar-refractivity contribution in [3.63, 3.8) is 0 Å². The van der Waals surface area contributed by atoms with Crippen molar-refractivity contribution in [1.82, 2.24) is 4.98 Å². The van der Waals surface area contributed by atoms with E-state index in [1.54, 1.807) is 0 Å². The summed E-state index contributed by atoms with van der Waals surface area (Å²) in [5.41, 5.74) is 7.67. The molecule has 0 bridgehead atoms. The van der Waals surface area contributed by atoms with E-state index in [2.05, 4.69) is 109 Å². The maximum absolute atomic E-state index is 14.8. The molecule has 0 amide bonds. The van der Waals surface area contributed by atoms with Crippen LogP contribution in [0.15, 0.2) is 182 Å². The fraction of sp³-hybridized carbons (Fsp3) is 0. The molecule has 0 unspecified atom stereocenters. The SMILES string of the molecule is O=P(c1ccccc1)(c1ccccc1)c1ccc(-c2ccc(-c3cccc4nc(-c5ccccc5)c5sc6ccccc6c5c34)cc2)cc1. The number of rotatable bonds is 6. The fourth-order valence-electron chi connectivity index (χ4n) is 6.99. The molecule has 0 aliphatic carbocycles. The molecule has 232 valence electrons. The minimum Gasteiger partial charge on any atom is -0.309 e. The van der Waals surface area contributed by atoms with Gasteiger partial charge in [-0.05, 0) is 34.4 Å². The monoisotopic (exact) mass is 663 g/mol. The van der Waals surface area contributed by atoms with Gasteiger partial charge in [0.15, 0.2) is 7.14 Å². The van der Waals surface area contributed by atoms with Gasteiger partial charge in [-0.25, -0.2) is 4.98 Å². The number of hydrogen-bond acceptors (Lipinski definition) is 3. The van der Waals surface area contributed by atoms with E-state index in [0.29, 0.717) is 0 Å². The number of fused-ring (bicyclic) bond motifs is 5. The van der Waals surface area contributed by atoms with Gasteiger partial charge in [0.1, 0.15) is 0 Å². The predicted molar refractivity (Wildman–Crippen MR) is 210 cm³/mol. The number of nitrogens with zero attached hydrogens (tertiary/aromatic N) is 1. The summed E-state index contributed by atoms with van der Waals surface area (Å²) in [5.74, 6) is 0. The Morgan fingerprint density at radius 3 is 1.61 bits per heavy atom. The Kier molecular flexibility index (Phi) is 7.31. The van der Waals surface area contributed by atoms with Crippen LogP contribution in [0.1, 0.15) is 0 Å². The van der Waals surface area contributed by atoms with Gasteiger partial charge in [0.25, 0.3) is 0 Å². The third-order valence-electron chi connectivity index (χ3n) is 9.38. The first-order valence-corrected chi connectivity index (χ1v) is 18.9. The Labute approximate surface area is 289 Å². The van der Waals surface area contributed by atoms with Gasteiger partial charge in [-0.1, -0.05) is 170 Å². The van der Waals surface area contributed by atoms with Crippen LogP contribution in [-0.2, 0) is 4.57 Å². The standard InChI is InChI=1S/C45H30NOPS/c47-48(35-15-6-2-7-16-35,36-17-8-3-9-18-36)37-29-27-32(28-30-37)31-23-25-33(26-24-31)38-20-12-21-40-42(38)43-39-19-10-11-22-41(39)49-45(43)44(46-40)34-13-4-1-5-14-34/h1-30H. The molecule has 9 aromatic rings. The van der Waals surface area contributed by atoms with E-state index in [4.69, 9.17) is 4.98 Å². The summed E-state index contributed by atoms with van der Waals surface area (Å²) in [6.45, 7) is 0. The molecule has 4 heteroatoms. The first kappa shape index (κ1) is 29.5. The van der Waals surface area contributed by atoms with Crippen molar-refractivity contribution in [2.24, 2.45) is 0 Å². The molecular formula is C45H30NOPS. The second kappa shape index (κ2) is 12.1. The maximum atomic E-state index is 14.8. The highest BCUT2D eigenvalue weighted by Gasteiger charge is 2.29. The Balaban J connectivity index is 1.13. The zero-order chi connectivity index (χ0) is 32.8. The Hall–Kier alpha value is -5.60. The van der Waals surface area contributed by atoms with Crippen LogP contribution >= 0.6 is 18.5 Å². The molecule has 0 saturated carbocycles. The van der Waals surface area contributed by atoms with Crippen LogP contribution in [-0.4, -0.2) is 4.98 Å². The van der Waals surface area contributed by atoms with E-state index in [9.17, 15) is 4.57 Å². The number of pyridine rings is 1. The second-order valence-corrected chi connectivity index (χ2v) is 16.1. The highest BCUT2D eigenvalue weighted by molar-refractivity contribution is 7.85. The number of benzene rings is 7. The first-order chi connectivity index (χ1) is 24.2. The highest BCUT2D eigenvalue weighted by atomic mass is 32.1. The van der Waals surface area contributed by atoms with Gasteiger partial charge in [-0.3, -0.25) is 0 Å². The molecule has 0 saturated heterocycles. The van der Waals surface area contributed by atoms with Crippen LogP contribution in [0.25, 0.3) is 64.6 Å². The lowest BCUT2D eigenvalue weighted by molar-refractivity contribution is 0.592. The molecule has 0 fully saturated rings. The fourth-order valence-corrected chi connectivity index (χ4v) is 10.9. The van der Waals surface area contributed by atoms with Crippen molar-refractivity contribution in [3.05, 3.63) is 182 Å². The van der Waals surface area contributed by atoms with Crippen LogP contribution in [0.3, 0.4) is 0 Å². The molecular weight excluding hydrogens is 634 g/mol. The van der Waals surface area contributed by atoms with Crippen LogP contribution in [0.5, 0.6) is 0 Å². The minimum absolute atomic E-state index is 0.829. The van der Waals surface area contributed by atoms with Gasteiger partial charge in [-0.15, -0.1) is 11.3 Å². The smallest absolute Gasteiger partial charge is 0.171 e. The van der Waals surface area contributed by atoms with Crippen molar-refractivity contribution in [2.75, 3.05) is 0 Å². The van der Waals surface area contributed by atoms with E-state index in [-0.39, 0.29) is 0 Å². The molecule has 0 spiro atoms. The van der Waals surface area contributed by atoms with Crippen molar-refractivity contribution in [2.45, 2.75) is 0 Å². The van der Waals surface area contributed by atoms with Crippen molar-refractivity contribution >= 4 is 65.5 Å². The molecule has 49 heavy (non-hydrogen) atoms. The van der Waals surface area contributed by atoms with Crippen molar-refractivity contribution in [1.29, 1.82) is 0 Å². The molecule has 2 nitrogen and oxygen atoms in total. The van der Waals surface area contributed by atoms with Crippen molar-refractivity contribution < 1.29 is 4.57 Å². The summed E-state index contributed by atoms with van der Waals surface area (Å²) in [7, 11) is -3.02. The maximum Gasteiger partial charge on any atom is 0.171 e. The lowest BCUT2D eigenvalue weighted by atomic mass is 9.94. The Morgan fingerprint density at radius 2 is 0.959 bits per heavy atom. The lowest BCUT2D eigenvalue weighted by Gasteiger charge is -2.20. The lowest BCUT2D eigenvalue weighted by Crippen LogP contribution is -2.24. The molecule has 0 N–H and O–H groups in total. The Bertz CT molecular complexity index is 2610. The molecule has 0 aliphatic rings. The molecule has 0 radical (unpaired) electrons. The summed E-state index contributed by atoms with van der Waals surface area (Å²) < 4.78 is 17.3. The topological polar surface area (TPSA) is 30.0 Å². The summed E-state index contributed by atoms with van der Waals surface area (Å²) in [6.07, 6.45) is 0.